The number of hydrogen-bond acceptors (Lipinski definition) is 12. The second-order valence-corrected chi connectivity index (χ2v) is 11.0. The van der Waals surface area contributed by atoms with Crippen LogP contribution >= 0.6 is 23.1 Å². The number of phosphoric acid groups is 2. The van der Waals surface area contributed by atoms with E-state index < -0.39 is 59.8 Å². The van der Waals surface area contributed by atoms with E-state index in [4.69, 9.17) is 22.1 Å². The number of aromatic nitrogens is 4. The summed E-state index contributed by atoms with van der Waals surface area (Å²) in [6.45, 7) is 0.641. The molecule has 1 aliphatic rings. The number of aliphatic hydroxyl groups is 2. The Labute approximate surface area is 179 Å². The van der Waals surface area contributed by atoms with E-state index in [9.17, 15) is 33.6 Å². The van der Waals surface area contributed by atoms with Gasteiger partial charge in [0.15, 0.2) is 17.4 Å². The van der Waals surface area contributed by atoms with Crippen molar-refractivity contribution < 1.29 is 56.5 Å². The van der Waals surface area contributed by atoms with Crippen LogP contribution in [0.3, 0.4) is 0 Å². The summed E-state index contributed by atoms with van der Waals surface area (Å²) >= 11 is 0. The second kappa shape index (κ2) is 8.83. The molecule has 1 fully saturated rings. The molecule has 0 amide bonds. The Kier molecular flexibility index (Phi) is 7.00. The number of aryl methyl sites for hydroxylation is 1. The predicted octanol–water partition coefficient (Wildman–Crippen LogP) is -1.43. The number of aliphatic hydroxyl groups excluding tert-OH is 2. The smallest absolute Gasteiger partial charge is 0.387 e. The Balaban J connectivity index is 1.72. The maximum Gasteiger partial charge on any atom is 0.487 e. The molecule has 32 heavy (non-hydrogen) atoms. The van der Waals surface area contributed by atoms with Gasteiger partial charge >= 0.3 is 15.6 Å². The molecule has 0 saturated carbocycles. The number of ether oxygens (including phenoxy) is 1. The van der Waals surface area contributed by atoms with Crippen LogP contribution in [0.2, 0.25) is 0 Å². The van der Waals surface area contributed by atoms with Crippen molar-refractivity contribution >= 4 is 41.8 Å². The molecular formula is C11H16BN4O13P3. The highest BCUT2D eigenvalue weighted by Gasteiger charge is 2.46. The number of rotatable bonds is 8. The van der Waals surface area contributed by atoms with Gasteiger partial charge in [-0.3, -0.25) is 13.9 Å². The molecule has 0 aliphatic carbocycles. The topological polar surface area (TPSA) is 253 Å². The average Bonchev–Trinajstić information content (AvgIpc) is 3.12. The molecule has 6 atom stereocenters. The first-order valence-electron chi connectivity index (χ1n) is 8.38. The molecule has 2 aromatic rings. The minimum atomic E-state index is -5.59. The predicted molar refractivity (Wildman–Crippen MR) is 102 cm³/mol. The van der Waals surface area contributed by atoms with Gasteiger partial charge in [-0.25, -0.2) is 23.4 Å². The normalized spacial score (nSPS) is 27.9. The van der Waals surface area contributed by atoms with Crippen molar-refractivity contribution in [2.24, 2.45) is 0 Å². The Morgan fingerprint density at radius 2 is 1.88 bits per heavy atom. The SMILES string of the molecule is [B]P(=O)(OC[C@H]1O[C@@H](n2cnc3c(=O)[nH]c(C)nc32)C(O)[C@H]1O)OP(=O)(O)OP(=O)(O)O. The van der Waals surface area contributed by atoms with Gasteiger partial charge in [0.1, 0.15) is 24.1 Å². The third-order valence-electron chi connectivity index (χ3n) is 4.01. The lowest BCUT2D eigenvalue weighted by Gasteiger charge is -2.21. The Morgan fingerprint density at radius 3 is 2.50 bits per heavy atom. The highest BCUT2D eigenvalue weighted by atomic mass is 31.3. The zero-order valence-corrected chi connectivity index (χ0v) is 18.5. The standard InChI is InChI=1S/C11H16BN4O13P3/c1-4-14-9-6(10(19)15-4)13-3-16(9)11-8(18)7(17)5(27-11)2-26-30(12,20)28-32(24,25)29-31(21,22)23/h3,5,7-8,11,17-18H,2H2,1H3,(H,24,25)(H,14,15,19)(H2,21,22,23)/t5-,7+,8?,11-,30?/m1/s1. The van der Waals surface area contributed by atoms with Gasteiger partial charge in [0.05, 0.1) is 12.9 Å². The average molecular weight is 516 g/mol. The number of imidazole rings is 1. The van der Waals surface area contributed by atoms with Gasteiger partial charge in [-0.1, -0.05) is 0 Å². The monoisotopic (exact) mass is 516 g/mol. The van der Waals surface area contributed by atoms with Gasteiger partial charge in [-0.15, -0.1) is 0 Å². The molecule has 1 aliphatic heterocycles. The van der Waals surface area contributed by atoms with E-state index in [1.54, 1.807) is 0 Å². The zero-order chi connectivity index (χ0) is 24.1. The van der Waals surface area contributed by atoms with Crippen molar-refractivity contribution in [3.05, 3.63) is 22.5 Å². The molecular weight excluding hydrogens is 500 g/mol. The molecule has 2 radical (unpaired) electrons. The van der Waals surface area contributed by atoms with Gasteiger partial charge in [0.2, 0.25) is 7.57 Å². The van der Waals surface area contributed by atoms with Crippen molar-refractivity contribution in [1.29, 1.82) is 0 Å². The van der Waals surface area contributed by atoms with Gasteiger partial charge in [0, 0.05) is 0 Å². The van der Waals surface area contributed by atoms with E-state index >= 15 is 0 Å². The summed E-state index contributed by atoms with van der Waals surface area (Å²) in [7, 11) is -11.0. The summed E-state index contributed by atoms with van der Waals surface area (Å²) in [5.74, 6) is 0.240. The summed E-state index contributed by atoms with van der Waals surface area (Å²) in [5, 5.41) is 20.5. The maximum atomic E-state index is 12.0. The Bertz CT molecular complexity index is 1210. The highest BCUT2D eigenvalue weighted by molar-refractivity contribution is 7.84. The van der Waals surface area contributed by atoms with E-state index in [1.165, 1.54) is 11.5 Å². The van der Waals surface area contributed by atoms with Crippen LogP contribution < -0.4 is 5.56 Å². The summed E-state index contributed by atoms with van der Waals surface area (Å²) in [6, 6.07) is 0. The molecule has 0 bridgehead atoms. The number of hydrogen-bond donors (Lipinski definition) is 6. The summed E-state index contributed by atoms with van der Waals surface area (Å²) in [4.78, 5) is 48.6. The summed E-state index contributed by atoms with van der Waals surface area (Å²) in [5.41, 5.74) is -0.580. The number of H-pyrrole nitrogens is 1. The molecule has 2 aromatic heterocycles. The summed E-state index contributed by atoms with van der Waals surface area (Å²) in [6.07, 6.45) is -4.88. The number of fused-ring (bicyclic) bond motifs is 1. The molecule has 3 unspecified atom stereocenters. The molecule has 3 rings (SSSR count). The summed E-state index contributed by atoms with van der Waals surface area (Å²) < 4.78 is 52.8. The quantitative estimate of drug-likeness (QED) is 0.174. The molecule has 21 heteroatoms. The largest absolute Gasteiger partial charge is 0.487 e. The van der Waals surface area contributed by atoms with E-state index in [0.29, 0.717) is 0 Å². The highest BCUT2D eigenvalue weighted by Crippen LogP contribution is 2.66. The van der Waals surface area contributed by atoms with Crippen LogP contribution in [-0.2, 0) is 31.6 Å². The molecule has 176 valence electrons. The first-order chi connectivity index (χ1) is 14.6. The Morgan fingerprint density at radius 1 is 1.22 bits per heavy atom. The lowest BCUT2D eigenvalue weighted by Crippen LogP contribution is -2.33. The third kappa shape index (κ3) is 5.80. The third-order valence-corrected chi connectivity index (χ3v) is 7.93. The van der Waals surface area contributed by atoms with Crippen molar-refractivity contribution in [3.8, 4) is 0 Å². The molecule has 0 spiro atoms. The fourth-order valence-electron chi connectivity index (χ4n) is 2.81. The van der Waals surface area contributed by atoms with Crippen molar-refractivity contribution in [2.75, 3.05) is 6.61 Å². The van der Waals surface area contributed by atoms with Crippen molar-refractivity contribution in [2.45, 2.75) is 31.5 Å². The van der Waals surface area contributed by atoms with Gasteiger partial charge < -0.3 is 39.1 Å². The van der Waals surface area contributed by atoms with Crippen LogP contribution in [0.4, 0.5) is 0 Å². The van der Waals surface area contributed by atoms with Gasteiger partial charge in [-0.2, -0.15) is 4.31 Å². The maximum absolute atomic E-state index is 12.0. The van der Waals surface area contributed by atoms with Crippen LogP contribution in [0.25, 0.3) is 11.2 Å². The van der Waals surface area contributed by atoms with E-state index in [-0.39, 0.29) is 17.0 Å². The first-order valence-corrected chi connectivity index (χ1v) is 13.0. The number of aromatic amines is 1. The minimum absolute atomic E-state index is 0.0349. The molecule has 0 aromatic carbocycles. The van der Waals surface area contributed by atoms with Crippen LogP contribution in [-0.4, -0.2) is 76.9 Å². The lowest BCUT2D eigenvalue weighted by atomic mass is 10.1. The van der Waals surface area contributed by atoms with Crippen LogP contribution in [0, 0.1) is 6.92 Å². The fourth-order valence-corrected chi connectivity index (χ4v) is 5.97. The molecule has 6 N–H and O–H groups in total. The fraction of sp³-hybridized carbons (Fsp3) is 0.545. The van der Waals surface area contributed by atoms with Crippen LogP contribution in [0.15, 0.2) is 11.1 Å². The molecule has 17 nitrogen and oxygen atoms in total. The lowest BCUT2D eigenvalue weighted by molar-refractivity contribution is -0.0479. The van der Waals surface area contributed by atoms with Crippen LogP contribution in [0.5, 0.6) is 0 Å². The second-order valence-electron chi connectivity index (χ2n) is 6.48. The number of nitrogens with one attached hydrogen (secondary N) is 1. The van der Waals surface area contributed by atoms with Gasteiger partial charge in [-0.05, 0) is 6.92 Å². The number of nitrogens with zero attached hydrogens (tertiary/aromatic N) is 3. The molecule has 3 heterocycles. The van der Waals surface area contributed by atoms with E-state index in [0.717, 1.165) is 6.33 Å². The Hall–Kier alpha value is -1.26. The van der Waals surface area contributed by atoms with E-state index in [2.05, 4.69) is 28.1 Å². The van der Waals surface area contributed by atoms with E-state index in [1.807, 2.05) is 0 Å². The molecule has 1 saturated heterocycles. The zero-order valence-electron chi connectivity index (χ0n) is 15.9. The van der Waals surface area contributed by atoms with Crippen molar-refractivity contribution in [3.63, 3.8) is 0 Å². The first kappa shape index (κ1) is 25.4. The van der Waals surface area contributed by atoms with Crippen LogP contribution in [0.1, 0.15) is 12.1 Å². The van der Waals surface area contributed by atoms with Gasteiger partial charge in [0.25, 0.3) is 13.0 Å². The van der Waals surface area contributed by atoms with Crippen molar-refractivity contribution in [1.82, 2.24) is 19.5 Å². The minimum Gasteiger partial charge on any atom is -0.387 e.